The molecule has 1 aromatic heterocycles. The maximum atomic E-state index is 12.6. The third-order valence-corrected chi connectivity index (χ3v) is 6.52. The summed E-state index contributed by atoms with van der Waals surface area (Å²) < 4.78 is 0. The predicted octanol–water partition coefficient (Wildman–Crippen LogP) is 1.80. The topological polar surface area (TPSA) is 43.9 Å². The Balaban J connectivity index is 1.52. The molecule has 1 saturated carbocycles. The molecule has 3 heterocycles. The zero-order chi connectivity index (χ0) is 16.0. The van der Waals surface area contributed by atoms with Crippen LogP contribution in [0, 0.1) is 5.92 Å². The van der Waals surface area contributed by atoms with E-state index in [1.54, 1.807) is 11.3 Å². The minimum atomic E-state index is -0.0880. The molecule has 0 aromatic carbocycles. The Kier molecular flexibility index (Phi) is 3.69. The van der Waals surface area contributed by atoms with E-state index in [0.29, 0.717) is 19.0 Å². The third kappa shape index (κ3) is 2.48. The molecule has 4 rings (SSSR count). The number of carbonyl (C=O) groups is 2. The number of hydrogen-bond donors (Lipinski definition) is 0. The Hall–Kier alpha value is -1.40. The molecule has 1 aliphatic carbocycles. The summed E-state index contributed by atoms with van der Waals surface area (Å²) in [5.41, 5.74) is 0.908. The van der Waals surface area contributed by atoms with Crippen molar-refractivity contribution in [1.29, 1.82) is 0 Å². The second-order valence-electron chi connectivity index (χ2n) is 7.18. The highest BCUT2D eigenvalue weighted by molar-refractivity contribution is 7.08. The van der Waals surface area contributed by atoms with E-state index in [9.17, 15) is 9.59 Å². The molecule has 1 spiro atoms. The second kappa shape index (κ2) is 5.60. The van der Waals surface area contributed by atoms with Crippen LogP contribution >= 0.6 is 11.3 Å². The van der Waals surface area contributed by atoms with Crippen LogP contribution in [0.5, 0.6) is 0 Å². The summed E-state index contributed by atoms with van der Waals surface area (Å²) in [7, 11) is 2.03. The van der Waals surface area contributed by atoms with Crippen LogP contribution in [-0.4, -0.2) is 60.4 Å². The number of anilines is 1. The Morgan fingerprint density at radius 1 is 1.35 bits per heavy atom. The van der Waals surface area contributed by atoms with Crippen LogP contribution in [0.2, 0.25) is 0 Å². The highest BCUT2D eigenvalue weighted by atomic mass is 32.1. The van der Waals surface area contributed by atoms with Crippen molar-refractivity contribution in [2.24, 2.45) is 5.92 Å². The summed E-state index contributed by atoms with van der Waals surface area (Å²) in [6.45, 7) is 2.70. The first kappa shape index (κ1) is 15.1. The summed E-state index contributed by atoms with van der Waals surface area (Å²) >= 11 is 1.61. The van der Waals surface area contributed by atoms with Crippen LogP contribution in [0.1, 0.15) is 25.7 Å². The van der Waals surface area contributed by atoms with Gasteiger partial charge in [-0.3, -0.25) is 14.5 Å². The molecule has 2 aliphatic heterocycles. The molecule has 0 bridgehead atoms. The largest absolute Gasteiger partial charge is 0.340 e. The molecule has 3 aliphatic rings. The van der Waals surface area contributed by atoms with Crippen molar-refractivity contribution in [3.63, 3.8) is 0 Å². The maximum absolute atomic E-state index is 12.6. The highest BCUT2D eigenvalue weighted by Crippen LogP contribution is 2.36. The minimum absolute atomic E-state index is 0.0880. The molecule has 1 atom stereocenters. The first-order chi connectivity index (χ1) is 11.1. The summed E-state index contributed by atoms with van der Waals surface area (Å²) in [6.07, 6.45) is 4.25. The van der Waals surface area contributed by atoms with Crippen molar-refractivity contribution in [3.05, 3.63) is 16.8 Å². The molecule has 124 valence electrons. The summed E-state index contributed by atoms with van der Waals surface area (Å²) in [4.78, 5) is 31.1. The molecule has 0 N–H and O–H groups in total. The number of hydrogen-bond acceptors (Lipinski definition) is 4. The van der Waals surface area contributed by atoms with Gasteiger partial charge in [-0.2, -0.15) is 11.3 Å². The number of likely N-dealkylation sites (tertiary alicyclic amines) is 1. The van der Waals surface area contributed by atoms with Gasteiger partial charge in [0.1, 0.15) is 0 Å². The number of amides is 2. The van der Waals surface area contributed by atoms with Crippen LogP contribution in [0.4, 0.5) is 5.69 Å². The fraction of sp³-hybridized carbons (Fsp3) is 0.647. The van der Waals surface area contributed by atoms with Gasteiger partial charge in [0.2, 0.25) is 11.8 Å². The maximum Gasteiger partial charge on any atom is 0.241 e. The van der Waals surface area contributed by atoms with Gasteiger partial charge >= 0.3 is 0 Å². The number of piperazine rings is 1. The van der Waals surface area contributed by atoms with Gasteiger partial charge in [-0.15, -0.1) is 0 Å². The lowest BCUT2D eigenvalue weighted by molar-refractivity contribution is -0.137. The third-order valence-electron chi connectivity index (χ3n) is 5.85. The Morgan fingerprint density at radius 3 is 2.83 bits per heavy atom. The fourth-order valence-corrected chi connectivity index (χ4v) is 4.65. The van der Waals surface area contributed by atoms with Crippen molar-refractivity contribution in [2.75, 3.05) is 38.1 Å². The van der Waals surface area contributed by atoms with E-state index in [1.165, 1.54) is 6.42 Å². The molecule has 6 heteroatoms. The van der Waals surface area contributed by atoms with Gasteiger partial charge in [0, 0.05) is 30.9 Å². The lowest BCUT2D eigenvalue weighted by Gasteiger charge is -2.46. The van der Waals surface area contributed by atoms with Gasteiger partial charge in [0.25, 0.3) is 0 Å². The first-order valence-electron chi connectivity index (χ1n) is 8.42. The van der Waals surface area contributed by atoms with Crippen molar-refractivity contribution in [2.45, 2.75) is 31.2 Å². The Labute approximate surface area is 140 Å². The standard InChI is InChI=1S/C17H23N3O2S/c1-18-9-15(21)20(14-5-8-23-10-14)12-17(18)6-7-19(11-17)16(22)13-3-2-4-13/h5,8,10,13H,2-4,6-7,9,11-12H2,1H3/t17-/m0/s1. The van der Waals surface area contributed by atoms with E-state index in [0.717, 1.165) is 38.0 Å². The lowest BCUT2D eigenvalue weighted by Crippen LogP contribution is -2.64. The van der Waals surface area contributed by atoms with Crippen LogP contribution in [0.25, 0.3) is 0 Å². The SMILES string of the molecule is CN1CC(=O)N(c2ccsc2)C[C@@]12CCN(C(=O)C1CCC1)C2. The van der Waals surface area contributed by atoms with E-state index < -0.39 is 0 Å². The monoisotopic (exact) mass is 333 g/mol. The van der Waals surface area contributed by atoms with Crippen LogP contribution in [0.3, 0.4) is 0 Å². The van der Waals surface area contributed by atoms with Crippen molar-refractivity contribution in [1.82, 2.24) is 9.80 Å². The summed E-state index contributed by atoms with van der Waals surface area (Å²) in [5, 5.41) is 4.04. The molecule has 2 amide bonds. The fourth-order valence-electron chi connectivity index (χ4n) is 4.00. The van der Waals surface area contributed by atoms with Crippen LogP contribution < -0.4 is 4.90 Å². The average Bonchev–Trinajstić information content (AvgIpc) is 3.12. The average molecular weight is 333 g/mol. The van der Waals surface area contributed by atoms with Gasteiger partial charge in [0.15, 0.2) is 0 Å². The summed E-state index contributed by atoms with van der Waals surface area (Å²) in [6, 6.07) is 2.01. The van der Waals surface area contributed by atoms with Crippen molar-refractivity contribution < 1.29 is 9.59 Å². The van der Waals surface area contributed by atoms with E-state index >= 15 is 0 Å². The van der Waals surface area contributed by atoms with E-state index in [2.05, 4.69) is 4.90 Å². The molecule has 2 saturated heterocycles. The minimum Gasteiger partial charge on any atom is -0.340 e. The molecule has 5 nitrogen and oxygen atoms in total. The molecule has 23 heavy (non-hydrogen) atoms. The predicted molar refractivity (Wildman–Crippen MR) is 90.6 cm³/mol. The van der Waals surface area contributed by atoms with Crippen LogP contribution in [-0.2, 0) is 9.59 Å². The quantitative estimate of drug-likeness (QED) is 0.829. The van der Waals surface area contributed by atoms with Gasteiger partial charge in [-0.05, 0) is 37.8 Å². The molecular formula is C17H23N3O2S. The normalized spacial score (nSPS) is 29.3. The zero-order valence-corrected chi connectivity index (χ0v) is 14.3. The smallest absolute Gasteiger partial charge is 0.241 e. The lowest BCUT2D eigenvalue weighted by atomic mass is 9.84. The molecule has 0 unspecified atom stereocenters. The number of nitrogens with zero attached hydrogens (tertiary/aromatic N) is 3. The van der Waals surface area contributed by atoms with Crippen LogP contribution in [0.15, 0.2) is 16.8 Å². The number of carbonyl (C=O) groups excluding carboxylic acids is 2. The van der Waals surface area contributed by atoms with Gasteiger partial charge < -0.3 is 9.80 Å². The molecule has 0 radical (unpaired) electrons. The Morgan fingerprint density at radius 2 is 2.17 bits per heavy atom. The van der Waals surface area contributed by atoms with E-state index in [-0.39, 0.29) is 17.4 Å². The summed E-state index contributed by atoms with van der Waals surface area (Å²) in [5.74, 6) is 0.745. The second-order valence-corrected chi connectivity index (χ2v) is 7.96. The number of rotatable bonds is 2. The number of likely N-dealkylation sites (N-methyl/N-ethyl adjacent to an activating group) is 1. The first-order valence-corrected chi connectivity index (χ1v) is 9.36. The van der Waals surface area contributed by atoms with Gasteiger partial charge in [-0.25, -0.2) is 0 Å². The van der Waals surface area contributed by atoms with E-state index in [4.69, 9.17) is 0 Å². The number of thiophene rings is 1. The van der Waals surface area contributed by atoms with E-state index in [1.807, 2.05) is 33.7 Å². The molecular weight excluding hydrogens is 310 g/mol. The Bertz CT molecular complexity index is 613. The van der Waals surface area contributed by atoms with Crippen molar-refractivity contribution >= 4 is 28.8 Å². The highest BCUT2D eigenvalue weighted by Gasteiger charge is 2.49. The van der Waals surface area contributed by atoms with Gasteiger partial charge in [-0.1, -0.05) is 6.42 Å². The molecule has 1 aromatic rings. The van der Waals surface area contributed by atoms with Crippen molar-refractivity contribution in [3.8, 4) is 0 Å². The zero-order valence-electron chi connectivity index (χ0n) is 13.5. The molecule has 3 fully saturated rings. The van der Waals surface area contributed by atoms with Gasteiger partial charge in [0.05, 0.1) is 17.8 Å².